The van der Waals surface area contributed by atoms with Crippen molar-refractivity contribution >= 4 is 27.5 Å². The second-order valence-electron chi connectivity index (χ2n) is 9.77. The molecule has 2 aromatic carbocycles. The van der Waals surface area contributed by atoms with E-state index in [4.69, 9.17) is 0 Å². The van der Waals surface area contributed by atoms with Gasteiger partial charge in [-0.1, -0.05) is 37.1 Å². The van der Waals surface area contributed by atoms with E-state index >= 15 is 0 Å². The van der Waals surface area contributed by atoms with Crippen LogP contribution < -0.4 is 9.62 Å². The Bertz CT molecular complexity index is 1260. The molecular weight excluding hydrogens is 538 g/mol. The van der Waals surface area contributed by atoms with Gasteiger partial charge in [-0.2, -0.15) is 13.2 Å². The highest BCUT2D eigenvalue weighted by atomic mass is 32.2. The molecule has 214 valence electrons. The van der Waals surface area contributed by atoms with E-state index in [2.05, 4.69) is 5.32 Å². The molecule has 7 nitrogen and oxygen atoms in total. The van der Waals surface area contributed by atoms with Crippen molar-refractivity contribution in [2.45, 2.75) is 70.3 Å². The van der Waals surface area contributed by atoms with Crippen molar-refractivity contribution in [3.63, 3.8) is 0 Å². The standard InChI is InChI=1S/C27H33F4N3O4S/c1-19(26(36)32-22-11-4-5-12-22)33(18-20-9-3-6-14-24(20)28)25(35)15-8-16-34(39(2,37)38)23-13-7-10-21(17-23)27(29,30)31/h3,6-7,9-10,13-14,17,19,22H,4-5,8,11-12,15-16,18H2,1-2H3,(H,32,36). The molecule has 12 heteroatoms. The highest BCUT2D eigenvalue weighted by Gasteiger charge is 2.32. The second kappa shape index (κ2) is 12.8. The number of nitrogens with one attached hydrogen (secondary N) is 1. The van der Waals surface area contributed by atoms with Crippen LogP contribution in [-0.4, -0.2) is 50.0 Å². The first-order valence-electron chi connectivity index (χ1n) is 12.8. The van der Waals surface area contributed by atoms with E-state index in [9.17, 15) is 35.6 Å². The van der Waals surface area contributed by atoms with Crippen LogP contribution in [0.5, 0.6) is 0 Å². The summed E-state index contributed by atoms with van der Waals surface area (Å²) in [6.07, 6.45) is -0.340. The summed E-state index contributed by atoms with van der Waals surface area (Å²) < 4.78 is 79.5. The van der Waals surface area contributed by atoms with E-state index in [1.165, 1.54) is 29.2 Å². The molecule has 1 fully saturated rings. The Balaban J connectivity index is 1.75. The Morgan fingerprint density at radius 3 is 2.36 bits per heavy atom. The van der Waals surface area contributed by atoms with Gasteiger partial charge in [0.25, 0.3) is 0 Å². The van der Waals surface area contributed by atoms with Gasteiger partial charge in [-0.15, -0.1) is 0 Å². The van der Waals surface area contributed by atoms with Gasteiger partial charge in [-0.05, 0) is 50.5 Å². The Morgan fingerprint density at radius 2 is 1.74 bits per heavy atom. The molecule has 2 aromatic rings. The van der Waals surface area contributed by atoms with Gasteiger partial charge in [0.2, 0.25) is 21.8 Å². The molecule has 0 heterocycles. The van der Waals surface area contributed by atoms with Crippen LogP contribution in [0.4, 0.5) is 23.2 Å². The van der Waals surface area contributed by atoms with Crippen molar-refractivity contribution in [2.75, 3.05) is 17.1 Å². The number of carbonyl (C=O) groups excluding carboxylic acids is 2. The summed E-state index contributed by atoms with van der Waals surface area (Å²) in [4.78, 5) is 27.5. The number of nitrogens with zero attached hydrogens (tertiary/aromatic N) is 2. The summed E-state index contributed by atoms with van der Waals surface area (Å²) in [5.74, 6) is -1.41. The highest BCUT2D eigenvalue weighted by Crippen LogP contribution is 2.32. The van der Waals surface area contributed by atoms with E-state index in [0.717, 1.165) is 54.4 Å². The first-order chi connectivity index (χ1) is 18.3. The molecule has 0 bridgehead atoms. The largest absolute Gasteiger partial charge is 0.416 e. The van der Waals surface area contributed by atoms with Crippen LogP contribution in [0.2, 0.25) is 0 Å². The third-order valence-electron chi connectivity index (χ3n) is 6.78. The molecule has 1 aliphatic rings. The SMILES string of the molecule is CC(C(=O)NC1CCCC1)N(Cc1ccccc1F)C(=O)CCCN(c1cccc(C(F)(F)F)c1)S(C)(=O)=O. The number of hydrogen-bond acceptors (Lipinski definition) is 4. The van der Waals surface area contributed by atoms with Gasteiger partial charge in [0.05, 0.1) is 17.5 Å². The van der Waals surface area contributed by atoms with E-state index in [0.29, 0.717) is 0 Å². The fourth-order valence-corrected chi connectivity index (χ4v) is 5.58. The number of anilines is 1. The molecule has 0 radical (unpaired) electrons. The van der Waals surface area contributed by atoms with Gasteiger partial charge >= 0.3 is 6.18 Å². The molecule has 0 aromatic heterocycles. The molecule has 0 aliphatic heterocycles. The average Bonchev–Trinajstić information content (AvgIpc) is 3.37. The number of hydrogen-bond donors (Lipinski definition) is 1. The third-order valence-corrected chi connectivity index (χ3v) is 7.98. The number of halogens is 4. The van der Waals surface area contributed by atoms with Crippen LogP contribution in [0.25, 0.3) is 0 Å². The summed E-state index contributed by atoms with van der Waals surface area (Å²) in [5, 5.41) is 2.94. The molecule has 1 atom stereocenters. The first kappa shape index (κ1) is 30.4. The molecule has 0 spiro atoms. The maximum atomic E-state index is 14.4. The fourth-order valence-electron chi connectivity index (χ4n) is 4.63. The molecule has 1 aliphatic carbocycles. The zero-order chi connectivity index (χ0) is 28.8. The van der Waals surface area contributed by atoms with Crippen LogP contribution >= 0.6 is 0 Å². The van der Waals surface area contributed by atoms with Crippen LogP contribution in [-0.2, 0) is 32.3 Å². The minimum Gasteiger partial charge on any atom is -0.352 e. The quantitative estimate of drug-likeness (QED) is 0.390. The zero-order valence-electron chi connectivity index (χ0n) is 21.9. The van der Waals surface area contributed by atoms with E-state index in [1.807, 2.05) is 0 Å². The lowest BCUT2D eigenvalue weighted by Crippen LogP contribution is -2.49. The number of alkyl halides is 3. The summed E-state index contributed by atoms with van der Waals surface area (Å²) in [6, 6.07) is 8.91. The molecule has 2 amide bonds. The summed E-state index contributed by atoms with van der Waals surface area (Å²) in [7, 11) is -3.97. The lowest BCUT2D eigenvalue weighted by Gasteiger charge is -2.30. The molecule has 1 saturated carbocycles. The third kappa shape index (κ3) is 8.42. The Hall–Kier alpha value is -3.15. The highest BCUT2D eigenvalue weighted by molar-refractivity contribution is 7.92. The van der Waals surface area contributed by atoms with Crippen molar-refractivity contribution in [3.05, 3.63) is 65.5 Å². The number of benzene rings is 2. The molecule has 39 heavy (non-hydrogen) atoms. The second-order valence-corrected chi connectivity index (χ2v) is 11.7. The fraction of sp³-hybridized carbons (Fsp3) is 0.481. The predicted molar refractivity (Wildman–Crippen MR) is 140 cm³/mol. The smallest absolute Gasteiger partial charge is 0.352 e. The van der Waals surface area contributed by atoms with Gasteiger partial charge in [-0.25, -0.2) is 12.8 Å². The molecule has 0 saturated heterocycles. The van der Waals surface area contributed by atoms with Crippen LogP contribution in [0.1, 0.15) is 56.6 Å². The van der Waals surface area contributed by atoms with Gasteiger partial charge in [0.15, 0.2) is 0 Å². The van der Waals surface area contributed by atoms with Gasteiger partial charge in [-0.3, -0.25) is 13.9 Å². The number of amides is 2. The van der Waals surface area contributed by atoms with E-state index in [1.54, 1.807) is 13.0 Å². The van der Waals surface area contributed by atoms with Crippen molar-refractivity contribution in [1.29, 1.82) is 0 Å². The minimum atomic E-state index is -4.66. The van der Waals surface area contributed by atoms with Gasteiger partial charge in [0, 0.05) is 31.1 Å². The van der Waals surface area contributed by atoms with Crippen LogP contribution in [0.15, 0.2) is 48.5 Å². The van der Waals surface area contributed by atoms with E-state index in [-0.39, 0.29) is 49.1 Å². The maximum Gasteiger partial charge on any atom is 0.416 e. The van der Waals surface area contributed by atoms with Crippen molar-refractivity contribution < 1.29 is 35.6 Å². The number of carbonyl (C=O) groups is 2. The van der Waals surface area contributed by atoms with Crippen molar-refractivity contribution in [3.8, 4) is 0 Å². The Morgan fingerprint density at radius 1 is 1.08 bits per heavy atom. The van der Waals surface area contributed by atoms with Gasteiger partial charge < -0.3 is 10.2 Å². The molecule has 1 N–H and O–H groups in total. The molecule has 3 rings (SSSR count). The lowest BCUT2D eigenvalue weighted by molar-refractivity contribution is -0.141. The maximum absolute atomic E-state index is 14.4. The lowest BCUT2D eigenvalue weighted by atomic mass is 10.1. The number of rotatable bonds is 11. The average molecular weight is 572 g/mol. The monoisotopic (exact) mass is 571 g/mol. The molecule has 1 unspecified atom stereocenters. The number of sulfonamides is 1. The normalized spacial score (nSPS) is 15.1. The molecular formula is C27H33F4N3O4S. The predicted octanol–water partition coefficient (Wildman–Crippen LogP) is 4.87. The van der Waals surface area contributed by atoms with Crippen molar-refractivity contribution in [1.82, 2.24) is 10.2 Å². The van der Waals surface area contributed by atoms with Gasteiger partial charge in [0.1, 0.15) is 11.9 Å². The zero-order valence-corrected chi connectivity index (χ0v) is 22.7. The summed E-state index contributed by atoms with van der Waals surface area (Å²) in [6.45, 7) is 1.12. The first-order valence-corrected chi connectivity index (χ1v) is 14.6. The van der Waals surface area contributed by atoms with Crippen LogP contribution in [0.3, 0.4) is 0 Å². The topological polar surface area (TPSA) is 86.8 Å². The minimum absolute atomic E-state index is 0.0149. The summed E-state index contributed by atoms with van der Waals surface area (Å²) >= 11 is 0. The van der Waals surface area contributed by atoms with E-state index < -0.39 is 39.5 Å². The van der Waals surface area contributed by atoms with Crippen LogP contribution in [0, 0.1) is 5.82 Å². The Kier molecular flexibility index (Phi) is 9.98. The van der Waals surface area contributed by atoms with Crippen molar-refractivity contribution in [2.24, 2.45) is 0 Å². The Labute approximate surface area is 226 Å². The summed E-state index contributed by atoms with van der Waals surface area (Å²) in [5.41, 5.74) is -0.955.